The van der Waals surface area contributed by atoms with Gasteiger partial charge in [-0.25, -0.2) is 0 Å². The molecule has 2 aliphatic rings. The lowest BCUT2D eigenvalue weighted by molar-refractivity contribution is -0.136. The first-order valence-electron chi connectivity index (χ1n) is 10.4. The Morgan fingerprint density at radius 1 is 1.25 bits per heavy atom. The number of hydrogen-bond acceptors (Lipinski definition) is 5. The van der Waals surface area contributed by atoms with Crippen LogP contribution in [0.3, 0.4) is 0 Å². The minimum absolute atomic E-state index is 0.0466. The van der Waals surface area contributed by atoms with Gasteiger partial charge in [0.2, 0.25) is 11.8 Å². The highest BCUT2D eigenvalue weighted by Gasteiger charge is 2.39. The van der Waals surface area contributed by atoms with Crippen LogP contribution in [0.4, 0.5) is 0 Å². The standard InChI is InChI=1S/C23H23ClN4O4/c1-12(2)19(20-16(24)4-3-9-25-20)27-21(30)13-5-6-15-14(10-13)11-28(23(15)32)17-7-8-18(29)26-22(17)31/h3-6,9-10,12,17,19H,7-8,11H2,1-2H3,(H,27,30)(H,26,29,31)/t17?,19-/m1/s1. The minimum atomic E-state index is -0.693. The van der Waals surface area contributed by atoms with E-state index in [1.54, 1.807) is 36.5 Å². The maximum atomic E-state index is 13.0. The smallest absolute Gasteiger partial charge is 0.255 e. The van der Waals surface area contributed by atoms with E-state index in [4.69, 9.17) is 11.6 Å². The van der Waals surface area contributed by atoms with Gasteiger partial charge in [-0.05, 0) is 48.2 Å². The Morgan fingerprint density at radius 2 is 2.03 bits per heavy atom. The Kier molecular flexibility index (Phi) is 5.97. The molecule has 0 radical (unpaired) electrons. The van der Waals surface area contributed by atoms with Crippen molar-refractivity contribution in [1.82, 2.24) is 20.5 Å². The largest absolute Gasteiger partial charge is 0.343 e. The maximum absolute atomic E-state index is 13.0. The lowest BCUT2D eigenvalue weighted by Crippen LogP contribution is -2.52. The summed E-state index contributed by atoms with van der Waals surface area (Å²) < 4.78 is 0. The van der Waals surface area contributed by atoms with Crippen LogP contribution in [-0.4, -0.2) is 39.6 Å². The molecule has 4 amide bonds. The van der Waals surface area contributed by atoms with Gasteiger partial charge >= 0.3 is 0 Å². The SMILES string of the molecule is CC(C)[C@@H](NC(=O)c1ccc2c(c1)CN(C1CCC(=O)NC1=O)C2=O)c1ncccc1Cl. The quantitative estimate of drug-likeness (QED) is 0.675. The molecule has 2 atom stereocenters. The van der Waals surface area contributed by atoms with E-state index >= 15 is 0 Å². The average Bonchev–Trinajstić information content (AvgIpc) is 3.08. The van der Waals surface area contributed by atoms with Gasteiger partial charge in [-0.3, -0.25) is 29.5 Å². The predicted octanol–water partition coefficient (Wildman–Crippen LogP) is 2.62. The van der Waals surface area contributed by atoms with Gasteiger partial charge in [-0.1, -0.05) is 25.4 Å². The molecule has 0 bridgehead atoms. The van der Waals surface area contributed by atoms with Crippen LogP contribution in [0.5, 0.6) is 0 Å². The number of aromatic nitrogens is 1. The zero-order valence-corrected chi connectivity index (χ0v) is 18.5. The van der Waals surface area contributed by atoms with Crippen LogP contribution < -0.4 is 10.6 Å². The second-order valence-electron chi connectivity index (χ2n) is 8.34. The second kappa shape index (κ2) is 8.70. The van der Waals surface area contributed by atoms with Gasteiger partial charge in [0.1, 0.15) is 6.04 Å². The van der Waals surface area contributed by atoms with Crippen molar-refractivity contribution in [1.29, 1.82) is 0 Å². The van der Waals surface area contributed by atoms with Crippen molar-refractivity contribution in [3.05, 3.63) is 63.9 Å². The van der Waals surface area contributed by atoms with Gasteiger partial charge in [0.25, 0.3) is 11.8 Å². The third-order valence-electron chi connectivity index (χ3n) is 5.82. The van der Waals surface area contributed by atoms with E-state index in [1.165, 1.54) is 4.90 Å². The fraction of sp³-hybridized carbons (Fsp3) is 0.348. The molecule has 1 aromatic heterocycles. The molecule has 0 spiro atoms. The van der Waals surface area contributed by atoms with Gasteiger partial charge in [-0.15, -0.1) is 0 Å². The first kappa shape index (κ1) is 22.0. The third kappa shape index (κ3) is 4.10. The van der Waals surface area contributed by atoms with Crippen molar-refractivity contribution in [2.24, 2.45) is 5.92 Å². The maximum Gasteiger partial charge on any atom is 0.255 e. The summed E-state index contributed by atoms with van der Waals surface area (Å²) >= 11 is 6.29. The second-order valence-corrected chi connectivity index (χ2v) is 8.74. The zero-order chi connectivity index (χ0) is 23.0. The first-order chi connectivity index (χ1) is 15.3. The van der Waals surface area contributed by atoms with Crippen LogP contribution in [0.25, 0.3) is 0 Å². The van der Waals surface area contributed by atoms with E-state index in [9.17, 15) is 19.2 Å². The fourth-order valence-electron chi connectivity index (χ4n) is 4.12. The molecule has 32 heavy (non-hydrogen) atoms. The van der Waals surface area contributed by atoms with Crippen LogP contribution in [0.15, 0.2) is 36.5 Å². The third-order valence-corrected chi connectivity index (χ3v) is 6.14. The number of nitrogens with zero attached hydrogens (tertiary/aromatic N) is 2. The summed E-state index contributed by atoms with van der Waals surface area (Å²) in [6.07, 6.45) is 2.11. The lowest BCUT2D eigenvalue weighted by atomic mass is 9.99. The van der Waals surface area contributed by atoms with Gasteiger partial charge < -0.3 is 10.2 Å². The van der Waals surface area contributed by atoms with Crippen LogP contribution >= 0.6 is 11.6 Å². The number of benzene rings is 1. The summed E-state index contributed by atoms with van der Waals surface area (Å²) in [4.78, 5) is 55.3. The predicted molar refractivity (Wildman–Crippen MR) is 117 cm³/mol. The van der Waals surface area contributed by atoms with Crippen molar-refractivity contribution in [3.8, 4) is 0 Å². The zero-order valence-electron chi connectivity index (χ0n) is 17.7. The normalized spacial score (nSPS) is 19.1. The molecular weight excluding hydrogens is 432 g/mol. The molecule has 4 rings (SSSR count). The number of rotatable bonds is 5. The summed E-state index contributed by atoms with van der Waals surface area (Å²) in [6, 6.07) is 7.26. The van der Waals surface area contributed by atoms with E-state index in [1.807, 2.05) is 13.8 Å². The number of amides is 4. The van der Waals surface area contributed by atoms with Crippen molar-refractivity contribution in [3.63, 3.8) is 0 Å². The number of fused-ring (bicyclic) bond motifs is 1. The van der Waals surface area contributed by atoms with Crippen molar-refractivity contribution in [2.75, 3.05) is 0 Å². The minimum Gasteiger partial charge on any atom is -0.343 e. The van der Waals surface area contributed by atoms with Crippen LogP contribution in [0.1, 0.15) is 64.7 Å². The average molecular weight is 455 g/mol. The Hall–Kier alpha value is -3.26. The lowest BCUT2D eigenvalue weighted by Gasteiger charge is -2.29. The molecule has 0 saturated carbocycles. The van der Waals surface area contributed by atoms with Gasteiger partial charge in [-0.2, -0.15) is 0 Å². The molecule has 2 N–H and O–H groups in total. The molecule has 1 unspecified atom stereocenters. The number of carbonyl (C=O) groups is 4. The number of carbonyl (C=O) groups excluding carboxylic acids is 4. The van der Waals surface area contributed by atoms with Gasteiger partial charge in [0.15, 0.2) is 0 Å². The number of nitrogens with one attached hydrogen (secondary N) is 2. The highest BCUT2D eigenvalue weighted by atomic mass is 35.5. The monoisotopic (exact) mass is 454 g/mol. The summed E-state index contributed by atoms with van der Waals surface area (Å²) in [7, 11) is 0. The number of pyridine rings is 1. The van der Waals surface area contributed by atoms with E-state index in [-0.39, 0.29) is 42.6 Å². The molecular formula is C23H23ClN4O4. The molecule has 2 aliphatic heterocycles. The molecule has 3 heterocycles. The first-order valence-corrected chi connectivity index (χ1v) is 10.8. The highest BCUT2D eigenvalue weighted by Crippen LogP contribution is 2.29. The molecule has 0 aliphatic carbocycles. The van der Waals surface area contributed by atoms with E-state index < -0.39 is 11.9 Å². The highest BCUT2D eigenvalue weighted by molar-refractivity contribution is 6.31. The molecule has 8 nitrogen and oxygen atoms in total. The molecule has 166 valence electrons. The van der Waals surface area contributed by atoms with Gasteiger partial charge in [0.05, 0.1) is 16.8 Å². The van der Waals surface area contributed by atoms with Crippen LogP contribution in [0, 0.1) is 5.92 Å². The molecule has 1 fully saturated rings. The Morgan fingerprint density at radius 3 is 2.72 bits per heavy atom. The van der Waals surface area contributed by atoms with Crippen molar-refractivity contribution >= 4 is 35.2 Å². The summed E-state index contributed by atoms with van der Waals surface area (Å²) in [5, 5.41) is 5.75. The number of hydrogen-bond donors (Lipinski definition) is 2. The molecule has 2 aromatic rings. The summed E-state index contributed by atoms with van der Waals surface area (Å²) in [5.74, 6) is -1.33. The van der Waals surface area contributed by atoms with E-state index in [0.717, 1.165) is 0 Å². The topological polar surface area (TPSA) is 108 Å². The molecule has 1 saturated heterocycles. The summed E-state index contributed by atoms with van der Waals surface area (Å²) in [5.41, 5.74) is 2.13. The number of piperidine rings is 1. The van der Waals surface area contributed by atoms with Gasteiger partial charge in [0, 0.05) is 30.3 Å². The van der Waals surface area contributed by atoms with E-state index in [2.05, 4.69) is 15.6 Å². The Bertz CT molecular complexity index is 1120. The Balaban J connectivity index is 1.53. The number of halogens is 1. The van der Waals surface area contributed by atoms with Crippen molar-refractivity contribution < 1.29 is 19.2 Å². The Labute approximate surface area is 190 Å². The van der Waals surface area contributed by atoms with E-state index in [0.29, 0.717) is 33.8 Å². The van der Waals surface area contributed by atoms with Crippen LogP contribution in [-0.2, 0) is 16.1 Å². The van der Waals surface area contributed by atoms with Crippen LogP contribution in [0.2, 0.25) is 5.02 Å². The fourth-order valence-corrected chi connectivity index (χ4v) is 4.36. The number of imide groups is 1. The van der Waals surface area contributed by atoms with Crippen molar-refractivity contribution in [2.45, 2.75) is 45.3 Å². The molecule has 9 heteroatoms. The molecule has 1 aromatic carbocycles. The summed E-state index contributed by atoms with van der Waals surface area (Å²) in [6.45, 7) is 4.14.